The summed E-state index contributed by atoms with van der Waals surface area (Å²) in [5.41, 5.74) is 0. The molecule has 19 heavy (non-hydrogen) atoms. The van der Waals surface area contributed by atoms with Crippen molar-refractivity contribution in [2.24, 2.45) is 0 Å². The molecule has 0 spiro atoms. The molecule has 1 atom stereocenters. The molecular weight excluding hydrogens is 268 g/mol. The van der Waals surface area contributed by atoms with Gasteiger partial charge in [0.05, 0.1) is 0 Å². The second kappa shape index (κ2) is 5.27. The molecule has 0 aromatic heterocycles. The lowest BCUT2D eigenvalue weighted by atomic mass is 10.5. The minimum absolute atomic E-state index is 0.970. The lowest BCUT2D eigenvalue weighted by Crippen LogP contribution is -2.40. The number of rotatable bonds is 5. The molecule has 0 radical (unpaired) electrons. The van der Waals surface area contributed by atoms with Crippen LogP contribution in [0.5, 0.6) is 0 Å². The first-order valence-electron chi connectivity index (χ1n) is 6.89. The smallest absolute Gasteiger partial charge is 0.255 e. The van der Waals surface area contributed by atoms with Gasteiger partial charge in [0.15, 0.2) is 0 Å². The molecule has 2 aliphatic carbocycles. The molecule has 0 fully saturated rings. The summed E-state index contributed by atoms with van der Waals surface area (Å²) in [4.78, 5) is 0. The second-order valence-electron chi connectivity index (χ2n) is 6.17. The van der Waals surface area contributed by atoms with Crippen molar-refractivity contribution in [3.8, 4) is 0 Å². The number of hydrogen-bond donors (Lipinski definition) is 0. The highest BCUT2D eigenvalue weighted by Crippen LogP contribution is 2.37. The van der Waals surface area contributed by atoms with Crippen molar-refractivity contribution < 1.29 is 8.85 Å². The quantitative estimate of drug-likeness (QED) is 0.706. The zero-order valence-corrected chi connectivity index (χ0v) is 14.6. The van der Waals surface area contributed by atoms with Crippen LogP contribution in [0.1, 0.15) is 12.8 Å². The molecule has 0 bridgehead atoms. The van der Waals surface area contributed by atoms with Crippen LogP contribution in [-0.2, 0) is 8.85 Å². The molecule has 0 saturated heterocycles. The molecule has 2 nitrogen and oxygen atoms in total. The van der Waals surface area contributed by atoms with E-state index in [0.29, 0.717) is 0 Å². The van der Waals surface area contributed by atoms with Gasteiger partial charge < -0.3 is 8.85 Å². The largest absolute Gasteiger partial charge is 0.545 e. The highest BCUT2D eigenvalue weighted by molar-refractivity contribution is 6.88. The molecule has 2 rings (SSSR count). The zero-order chi connectivity index (χ0) is 14.1. The maximum absolute atomic E-state index is 6.25. The average molecular weight is 293 g/mol. The predicted octanol–water partition coefficient (Wildman–Crippen LogP) is 4.24. The Morgan fingerprint density at radius 1 is 1.00 bits per heavy atom. The van der Waals surface area contributed by atoms with Crippen LogP contribution >= 0.6 is 0 Å². The summed E-state index contributed by atoms with van der Waals surface area (Å²) in [6.07, 6.45) is 13.2. The van der Waals surface area contributed by atoms with Crippen LogP contribution in [0, 0.1) is 0 Å². The van der Waals surface area contributed by atoms with Crippen molar-refractivity contribution in [3.63, 3.8) is 0 Å². The van der Waals surface area contributed by atoms with E-state index in [4.69, 9.17) is 8.85 Å². The normalized spacial score (nSPS) is 21.8. The van der Waals surface area contributed by atoms with Crippen LogP contribution in [0.4, 0.5) is 0 Å². The Balaban J connectivity index is 2.29. The van der Waals surface area contributed by atoms with E-state index in [1.807, 2.05) is 7.11 Å². The van der Waals surface area contributed by atoms with Crippen molar-refractivity contribution in [2.75, 3.05) is 7.11 Å². The number of allylic oxidation sites excluding steroid dienone is 7. The van der Waals surface area contributed by atoms with Crippen LogP contribution < -0.4 is 0 Å². The summed E-state index contributed by atoms with van der Waals surface area (Å²) < 4.78 is 12.3. The Bertz CT molecular complexity index is 481. The van der Waals surface area contributed by atoms with Crippen LogP contribution in [0.15, 0.2) is 46.5 Å². The lowest BCUT2D eigenvalue weighted by Gasteiger charge is -2.31. The van der Waals surface area contributed by atoms with Gasteiger partial charge in [-0.25, -0.2) is 0 Å². The van der Waals surface area contributed by atoms with Crippen LogP contribution in [-0.4, -0.2) is 23.7 Å². The molecule has 0 aliphatic heterocycles. The minimum Gasteiger partial charge on any atom is -0.545 e. The third kappa shape index (κ3) is 3.01. The lowest BCUT2D eigenvalue weighted by molar-refractivity contribution is 0.401. The summed E-state index contributed by atoms with van der Waals surface area (Å²) >= 11 is 0. The van der Waals surface area contributed by atoms with E-state index in [2.05, 4.69) is 56.6 Å². The Labute approximate surface area is 118 Å². The van der Waals surface area contributed by atoms with Gasteiger partial charge in [-0.05, 0) is 50.3 Å². The first kappa shape index (κ1) is 14.6. The van der Waals surface area contributed by atoms with Gasteiger partial charge in [0.2, 0.25) is 8.32 Å². The Hall–Kier alpha value is -0.846. The van der Waals surface area contributed by atoms with Gasteiger partial charge in [-0.2, -0.15) is 0 Å². The van der Waals surface area contributed by atoms with Gasteiger partial charge in [0, 0.05) is 12.3 Å². The summed E-state index contributed by atoms with van der Waals surface area (Å²) in [6, 6.07) is 0. The van der Waals surface area contributed by atoms with E-state index in [-0.39, 0.29) is 0 Å². The minimum atomic E-state index is -2.06. The van der Waals surface area contributed by atoms with Gasteiger partial charge in [-0.15, -0.1) is 0 Å². The molecule has 0 N–H and O–H groups in total. The molecule has 2 aliphatic rings. The zero-order valence-electron chi connectivity index (χ0n) is 12.6. The number of hydrogen-bond acceptors (Lipinski definition) is 2. The fourth-order valence-electron chi connectivity index (χ4n) is 2.55. The summed E-state index contributed by atoms with van der Waals surface area (Å²) in [5, 5.41) is 2.68. The van der Waals surface area contributed by atoms with Crippen molar-refractivity contribution in [3.05, 3.63) is 46.5 Å². The van der Waals surface area contributed by atoms with Gasteiger partial charge in [0.1, 0.15) is 5.76 Å². The highest BCUT2D eigenvalue weighted by Gasteiger charge is 2.41. The monoisotopic (exact) mass is 292 g/mol. The Morgan fingerprint density at radius 3 is 2.26 bits per heavy atom. The topological polar surface area (TPSA) is 18.5 Å². The van der Waals surface area contributed by atoms with E-state index in [0.717, 1.165) is 18.6 Å². The molecule has 104 valence electrons. The van der Waals surface area contributed by atoms with Crippen molar-refractivity contribution in [1.29, 1.82) is 0 Å². The van der Waals surface area contributed by atoms with Crippen molar-refractivity contribution in [1.82, 2.24) is 0 Å². The van der Waals surface area contributed by atoms with Crippen LogP contribution in [0.3, 0.4) is 0 Å². The average Bonchev–Trinajstić information content (AvgIpc) is 2.96. The summed E-state index contributed by atoms with van der Waals surface area (Å²) in [7, 11) is -1.79. The van der Waals surface area contributed by atoms with E-state index in [9.17, 15) is 0 Å². The Morgan fingerprint density at radius 2 is 1.74 bits per heavy atom. The second-order valence-corrected chi connectivity index (χ2v) is 14.2. The fourth-order valence-corrected chi connectivity index (χ4v) is 6.34. The van der Waals surface area contributed by atoms with Gasteiger partial charge in [-0.3, -0.25) is 0 Å². The highest BCUT2D eigenvalue weighted by atomic mass is 28.4. The van der Waals surface area contributed by atoms with E-state index >= 15 is 0 Å². The van der Waals surface area contributed by atoms with Gasteiger partial charge in [0.25, 0.3) is 8.32 Å². The standard InChI is InChI=1S/C15H24O2Si2/c1-16-19(5,13-9-6-7-10-13)15-12-8-11-14(15)17-18(2,3)4/h6,9-12H,7-8H2,1-5H3. The van der Waals surface area contributed by atoms with Gasteiger partial charge >= 0.3 is 0 Å². The maximum Gasteiger partial charge on any atom is 0.255 e. The fraction of sp³-hybridized carbons (Fsp3) is 0.467. The van der Waals surface area contributed by atoms with Crippen molar-refractivity contribution in [2.45, 2.75) is 39.0 Å². The first-order chi connectivity index (χ1) is 8.87. The summed E-state index contributed by atoms with van der Waals surface area (Å²) in [6.45, 7) is 8.95. The SMILES string of the molecule is CO[Si](C)(C1=CCC=C1)C1=CCC=C1O[Si](C)(C)C. The van der Waals surface area contributed by atoms with Crippen molar-refractivity contribution >= 4 is 16.6 Å². The molecule has 0 aromatic carbocycles. The molecule has 0 aromatic rings. The Kier molecular flexibility index (Phi) is 4.04. The summed E-state index contributed by atoms with van der Waals surface area (Å²) in [5.74, 6) is 1.08. The molecule has 0 amide bonds. The third-order valence-electron chi connectivity index (χ3n) is 3.55. The van der Waals surface area contributed by atoms with E-state index in [1.54, 1.807) is 0 Å². The van der Waals surface area contributed by atoms with Crippen LogP contribution in [0.25, 0.3) is 0 Å². The van der Waals surface area contributed by atoms with Crippen LogP contribution in [0.2, 0.25) is 26.2 Å². The predicted molar refractivity (Wildman–Crippen MR) is 85.7 cm³/mol. The molecule has 0 heterocycles. The molecule has 0 saturated carbocycles. The molecular formula is C15H24O2Si2. The van der Waals surface area contributed by atoms with E-state index < -0.39 is 16.6 Å². The van der Waals surface area contributed by atoms with E-state index in [1.165, 1.54) is 10.4 Å². The maximum atomic E-state index is 6.25. The van der Waals surface area contributed by atoms with Gasteiger partial charge in [-0.1, -0.05) is 24.3 Å². The third-order valence-corrected chi connectivity index (χ3v) is 8.15. The first-order valence-corrected chi connectivity index (χ1v) is 12.7. The molecule has 4 heteroatoms. The molecule has 1 unspecified atom stereocenters.